The maximum absolute atomic E-state index is 13.4. The van der Waals surface area contributed by atoms with Crippen molar-refractivity contribution in [1.29, 1.82) is 0 Å². The number of hydrogen-bond donors (Lipinski definition) is 2. The minimum Gasteiger partial charge on any atom is -0.299 e. The monoisotopic (exact) mass is 515 g/mol. The molecule has 0 aliphatic carbocycles. The molecule has 2 atom stereocenters. The lowest BCUT2D eigenvalue weighted by Gasteiger charge is -2.41. The highest BCUT2D eigenvalue weighted by Crippen LogP contribution is 2.37. The molecule has 196 valence electrons. The zero-order valence-corrected chi connectivity index (χ0v) is 19.8. The van der Waals surface area contributed by atoms with Crippen LogP contribution < -0.4 is 10.9 Å². The van der Waals surface area contributed by atoms with Crippen LogP contribution in [0.25, 0.3) is 0 Å². The number of carbonyl (C=O) groups is 1. The third-order valence-corrected chi connectivity index (χ3v) is 6.71. The lowest BCUT2D eigenvalue weighted by molar-refractivity contribution is -0.143. The molecule has 2 aliphatic heterocycles. The number of fused-ring (bicyclic) bond motifs is 1. The van der Waals surface area contributed by atoms with Gasteiger partial charge in [-0.3, -0.25) is 30.4 Å². The zero-order chi connectivity index (χ0) is 26.3. The molecule has 2 aromatic rings. The average Bonchev–Trinajstić information content (AvgIpc) is 3.26. The van der Waals surface area contributed by atoms with Crippen LogP contribution in [0.2, 0.25) is 0 Å². The first-order valence-electron chi connectivity index (χ1n) is 11.6. The van der Waals surface area contributed by atoms with Crippen LogP contribution in [0.15, 0.2) is 30.3 Å². The summed E-state index contributed by atoms with van der Waals surface area (Å²) in [5.74, 6) is -0.596. The van der Waals surface area contributed by atoms with Crippen LogP contribution in [-0.4, -0.2) is 52.9 Å². The van der Waals surface area contributed by atoms with Gasteiger partial charge in [0.25, 0.3) is 5.91 Å². The Labute approximate surface area is 204 Å². The summed E-state index contributed by atoms with van der Waals surface area (Å²) >= 11 is 0. The number of aryl methyl sites for hydroxylation is 2. The highest BCUT2D eigenvalue weighted by Gasteiger charge is 2.39. The van der Waals surface area contributed by atoms with Gasteiger partial charge in [-0.05, 0) is 57.5 Å². The summed E-state index contributed by atoms with van der Waals surface area (Å²) in [5.41, 5.74) is 3.18. The van der Waals surface area contributed by atoms with E-state index in [1.54, 1.807) is 19.1 Å². The van der Waals surface area contributed by atoms with Gasteiger partial charge in [0, 0.05) is 42.6 Å². The molecule has 2 saturated heterocycles. The molecule has 6 nitrogen and oxygen atoms in total. The van der Waals surface area contributed by atoms with Gasteiger partial charge in [0.05, 0.1) is 16.8 Å². The number of hydrogen-bond acceptors (Lipinski definition) is 5. The highest BCUT2D eigenvalue weighted by molar-refractivity contribution is 5.84. The van der Waals surface area contributed by atoms with Gasteiger partial charge >= 0.3 is 12.4 Å². The summed E-state index contributed by atoms with van der Waals surface area (Å²) in [6, 6.07) is 4.12. The number of hydrazine groups is 1. The fraction of sp³-hybridized carbons (Fsp3) is 0.500. The van der Waals surface area contributed by atoms with Gasteiger partial charge in [-0.2, -0.15) is 26.3 Å². The van der Waals surface area contributed by atoms with Gasteiger partial charge in [0.1, 0.15) is 6.04 Å². The van der Waals surface area contributed by atoms with Crippen molar-refractivity contribution in [2.24, 2.45) is 0 Å². The van der Waals surface area contributed by atoms with E-state index in [0.717, 1.165) is 31.6 Å². The van der Waals surface area contributed by atoms with Gasteiger partial charge in [0.2, 0.25) is 0 Å². The number of alkyl halides is 6. The van der Waals surface area contributed by atoms with E-state index < -0.39 is 41.1 Å². The molecule has 1 aromatic heterocycles. The molecule has 2 aliphatic rings. The predicted octanol–water partition coefficient (Wildman–Crippen LogP) is 4.70. The fourth-order valence-corrected chi connectivity index (χ4v) is 4.97. The van der Waals surface area contributed by atoms with E-state index in [9.17, 15) is 31.1 Å². The van der Waals surface area contributed by atoms with Crippen molar-refractivity contribution < 1.29 is 31.1 Å². The van der Waals surface area contributed by atoms with Crippen molar-refractivity contribution in [3.05, 3.63) is 58.4 Å². The summed E-state index contributed by atoms with van der Waals surface area (Å²) < 4.78 is 79.3. The zero-order valence-electron chi connectivity index (χ0n) is 19.8. The second kappa shape index (κ2) is 9.89. The Bertz CT molecular complexity index is 1090. The molecule has 2 unspecified atom stereocenters. The largest absolute Gasteiger partial charge is 0.416 e. The second-order valence-electron chi connectivity index (χ2n) is 9.27. The van der Waals surface area contributed by atoms with Gasteiger partial charge in [-0.1, -0.05) is 6.07 Å². The highest BCUT2D eigenvalue weighted by atomic mass is 19.4. The summed E-state index contributed by atoms with van der Waals surface area (Å²) in [4.78, 5) is 22.2. The van der Waals surface area contributed by atoms with E-state index in [4.69, 9.17) is 0 Å². The second-order valence-corrected chi connectivity index (χ2v) is 9.27. The van der Waals surface area contributed by atoms with Gasteiger partial charge in [-0.25, -0.2) is 0 Å². The Morgan fingerprint density at radius 1 is 1.00 bits per heavy atom. The van der Waals surface area contributed by atoms with Crippen LogP contribution in [0.4, 0.5) is 32.0 Å². The van der Waals surface area contributed by atoms with E-state index in [2.05, 4.69) is 20.7 Å². The number of nitrogens with one attached hydrogen (secondary N) is 2. The van der Waals surface area contributed by atoms with E-state index in [-0.39, 0.29) is 6.07 Å². The van der Waals surface area contributed by atoms with Gasteiger partial charge < -0.3 is 0 Å². The maximum atomic E-state index is 13.4. The third-order valence-electron chi connectivity index (χ3n) is 6.71. The number of nitrogens with zero attached hydrogens (tertiary/aromatic N) is 3. The molecular formula is C24H27F6N5O. The molecule has 0 saturated carbocycles. The number of aromatic nitrogens is 1. The van der Waals surface area contributed by atoms with E-state index in [1.165, 1.54) is 0 Å². The average molecular weight is 516 g/mol. The van der Waals surface area contributed by atoms with E-state index in [1.807, 2.05) is 11.8 Å². The Kier molecular flexibility index (Phi) is 7.20. The van der Waals surface area contributed by atoms with Crippen LogP contribution >= 0.6 is 0 Å². The number of piperazine rings is 1. The Morgan fingerprint density at radius 2 is 1.67 bits per heavy atom. The minimum atomic E-state index is -4.99. The summed E-state index contributed by atoms with van der Waals surface area (Å²) in [7, 11) is 0. The number of halogens is 6. The maximum Gasteiger partial charge on any atom is 0.416 e. The quantitative estimate of drug-likeness (QED) is 0.447. The number of rotatable bonds is 5. The Morgan fingerprint density at radius 3 is 2.28 bits per heavy atom. The van der Waals surface area contributed by atoms with Crippen LogP contribution in [0.5, 0.6) is 0 Å². The first kappa shape index (κ1) is 26.2. The van der Waals surface area contributed by atoms with E-state index >= 15 is 0 Å². The number of amides is 1. The van der Waals surface area contributed by atoms with Crippen LogP contribution in [0, 0.1) is 13.8 Å². The summed E-state index contributed by atoms with van der Waals surface area (Å²) in [6.07, 6.45) is -7.91. The fourth-order valence-electron chi connectivity index (χ4n) is 4.97. The molecule has 2 fully saturated rings. The number of anilines is 1. The smallest absolute Gasteiger partial charge is 0.299 e. The van der Waals surface area contributed by atoms with Crippen molar-refractivity contribution in [2.45, 2.75) is 51.1 Å². The third kappa shape index (κ3) is 5.75. The van der Waals surface area contributed by atoms with Crippen LogP contribution in [0.1, 0.15) is 47.0 Å². The molecule has 1 aromatic carbocycles. The van der Waals surface area contributed by atoms with E-state index in [0.29, 0.717) is 42.5 Å². The van der Waals surface area contributed by atoms with Gasteiger partial charge in [-0.15, -0.1) is 0 Å². The molecule has 0 radical (unpaired) electrons. The van der Waals surface area contributed by atoms with Crippen LogP contribution in [0.3, 0.4) is 0 Å². The molecular weight excluding hydrogens is 488 g/mol. The minimum absolute atomic E-state index is 0.0399. The topological polar surface area (TPSA) is 60.5 Å². The van der Waals surface area contributed by atoms with Crippen LogP contribution in [-0.2, 0) is 17.1 Å². The Balaban J connectivity index is 1.60. The van der Waals surface area contributed by atoms with Crippen molar-refractivity contribution in [1.82, 2.24) is 20.2 Å². The molecule has 0 bridgehead atoms. The molecule has 4 rings (SSSR count). The standard InChI is InChI=1S/C24H27F6N5O/c1-14-5-6-20(15(2)31-14)21(35-9-8-34-7-3-4-19(34)13-35)22(36)33-32-18-11-16(23(25,26)27)10-17(12-18)24(28,29)30/h5-6,10-12,19,21,32H,3-4,7-9,13H2,1-2H3,(H,33,36). The molecule has 12 heteroatoms. The Hall–Kier alpha value is -2.86. The number of benzene rings is 1. The first-order valence-corrected chi connectivity index (χ1v) is 11.6. The summed E-state index contributed by atoms with van der Waals surface area (Å²) in [6.45, 7) is 6.56. The first-order chi connectivity index (χ1) is 16.8. The number of pyridine rings is 1. The lowest BCUT2D eigenvalue weighted by Crippen LogP contribution is -2.54. The molecule has 3 heterocycles. The van der Waals surface area contributed by atoms with Crippen molar-refractivity contribution in [3.8, 4) is 0 Å². The predicted molar refractivity (Wildman–Crippen MR) is 121 cm³/mol. The van der Waals surface area contributed by atoms with Crippen molar-refractivity contribution in [3.63, 3.8) is 0 Å². The summed E-state index contributed by atoms with van der Waals surface area (Å²) in [5, 5.41) is 0. The van der Waals surface area contributed by atoms with Gasteiger partial charge in [0.15, 0.2) is 0 Å². The molecule has 36 heavy (non-hydrogen) atoms. The normalized spacial score (nSPS) is 20.2. The lowest BCUT2D eigenvalue weighted by atomic mass is 10.00. The molecule has 2 N–H and O–H groups in total. The van der Waals surface area contributed by atoms with Crippen molar-refractivity contribution in [2.75, 3.05) is 31.6 Å². The SMILES string of the molecule is Cc1ccc(C(C(=O)NNc2cc(C(F)(F)F)cc(C(F)(F)F)c2)N2CCN3CCCC3C2)c(C)n1. The number of carbonyl (C=O) groups excluding carboxylic acids is 1. The molecule has 0 spiro atoms. The van der Waals surface area contributed by atoms with Crippen molar-refractivity contribution >= 4 is 11.6 Å². The molecule has 1 amide bonds.